The highest BCUT2D eigenvalue weighted by Gasteiger charge is 2.53. The molecule has 0 aromatic heterocycles. The summed E-state index contributed by atoms with van der Waals surface area (Å²) in [6.45, 7) is 2.16. The Labute approximate surface area is 200 Å². The van der Waals surface area contributed by atoms with E-state index in [2.05, 4.69) is 31.2 Å². The van der Waals surface area contributed by atoms with Gasteiger partial charge in [-0.05, 0) is 67.0 Å². The second-order valence-electron chi connectivity index (χ2n) is 9.41. The Bertz CT molecular complexity index is 1120. The van der Waals surface area contributed by atoms with E-state index in [4.69, 9.17) is 9.47 Å². The van der Waals surface area contributed by atoms with E-state index in [-0.39, 0.29) is 29.7 Å². The first-order valence-corrected chi connectivity index (χ1v) is 12.2. The molecule has 0 amide bonds. The number of hydrogen-bond donors (Lipinski definition) is 0. The molecule has 5 atom stereocenters. The monoisotopic (exact) mass is 454 g/mol. The van der Waals surface area contributed by atoms with Gasteiger partial charge >= 0.3 is 11.9 Å². The van der Waals surface area contributed by atoms with Gasteiger partial charge in [0.15, 0.2) is 0 Å². The van der Waals surface area contributed by atoms with E-state index in [0.717, 1.165) is 25.7 Å². The van der Waals surface area contributed by atoms with Crippen LogP contribution < -0.4 is 0 Å². The van der Waals surface area contributed by atoms with Crippen LogP contribution in [0.2, 0.25) is 0 Å². The van der Waals surface area contributed by atoms with Crippen LogP contribution in [-0.4, -0.2) is 24.1 Å². The predicted molar refractivity (Wildman–Crippen MR) is 131 cm³/mol. The van der Waals surface area contributed by atoms with E-state index < -0.39 is 12.2 Å². The average molecular weight is 455 g/mol. The normalized spacial score (nSPS) is 25.5. The standard InChI is InChI=1S/C30H30O4/c1-2-20-13-15-21(16-14-20)26-19-24-17-18-25(26)28(34-30(32)23-11-7-4-8-12-23)27(24)33-29(31)22-9-5-3-6-10-22/h3-16,24-28H,2,17-19H2,1H3. The van der Waals surface area contributed by atoms with Gasteiger partial charge in [-0.3, -0.25) is 0 Å². The van der Waals surface area contributed by atoms with Crippen LogP contribution in [0.4, 0.5) is 0 Å². The van der Waals surface area contributed by atoms with Gasteiger partial charge in [-0.15, -0.1) is 0 Å². The van der Waals surface area contributed by atoms with Crippen molar-refractivity contribution in [2.45, 2.75) is 50.7 Å². The van der Waals surface area contributed by atoms with Crippen LogP contribution >= 0.6 is 0 Å². The van der Waals surface area contributed by atoms with Gasteiger partial charge in [-0.25, -0.2) is 9.59 Å². The molecule has 3 saturated carbocycles. The number of ether oxygens (including phenoxy) is 2. The van der Waals surface area contributed by atoms with Crippen molar-refractivity contribution in [2.24, 2.45) is 11.8 Å². The molecular formula is C30H30O4. The van der Waals surface area contributed by atoms with E-state index in [9.17, 15) is 9.59 Å². The van der Waals surface area contributed by atoms with Gasteiger partial charge in [0, 0.05) is 11.8 Å². The molecule has 0 aliphatic heterocycles. The van der Waals surface area contributed by atoms with Gasteiger partial charge in [-0.2, -0.15) is 0 Å². The van der Waals surface area contributed by atoms with Crippen LogP contribution in [0.5, 0.6) is 0 Å². The molecule has 4 nitrogen and oxygen atoms in total. The van der Waals surface area contributed by atoms with E-state index in [1.165, 1.54) is 11.1 Å². The molecule has 34 heavy (non-hydrogen) atoms. The molecule has 3 aliphatic rings. The minimum atomic E-state index is -0.469. The molecule has 3 aromatic rings. The van der Waals surface area contributed by atoms with Crippen LogP contribution in [-0.2, 0) is 15.9 Å². The van der Waals surface area contributed by atoms with E-state index >= 15 is 0 Å². The predicted octanol–water partition coefficient (Wildman–Crippen LogP) is 6.21. The zero-order valence-corrected chi connectivity index (χ0v) is 19.4. The number of benzene rings is 3. The summed E-state index contributed by atoms with van der Waals surface area (Å²) in [6.07, 6.45) is 2.96. The van der Waals surface area contributed by atoms with Crippen LogP contribution in [0.1, 0.15) is 63.9 Å². The molecule has 3 aliphatic carbocycles. The fourth-order valence-electron chi connectivity index (χ4n) is 5.66. The van der Waals surface area contributed by atoms with Gasteiger partial charge < -0.3 is 9.47 Å². The molecule has 0 saturated heterocycles. The molecule has 3 fully saturated rings. The van der Waals surface area contributed by atoms with Crippen molar-refractivity contribution in [1.29, 1.82) is 0 Å². The number of hydrogen-bond acceptors (Lipinski definition) is 4. The van der Waals surface area contributed by atoms with Crippen molar-refractivity contribution < 1.29 is 19.1 Å². The zero-order valence-electron chi connectivity index (χ0n) is 19.4. The van der Waals surface area contributed by atoms with Crippen molar-refractivity contribution >= 4 is 11.9 Å². The van der Waals surface area contributed by atoms with E-state index in [0.29, 0.717) is 11.1 Å². The van der Waals surface area contributed by atoms with Crippen molar-refractivity contribution in [2.75, 3.05) is 0 Å². The van der Waals surface area contributed by atoms with Crippen molar-refractivity contribution in [1.82, 2.24) is 0 Å². The fourth-order valence-corrected chi connectivity index (χ4v) is 5.66. The van der Waals surface area contributed by atoms with E-state index in [1.807, 2.05) is 36.4 Å². The number of carbonyl (C=O) groups excluding carboxylic acids is 2. The number of rotatable bonds is 6. The molecule has 6 rings (SSSR count). The quantitative estimate of drug-likeness (QED) is 0.415. The average Bonchev–Trinajstić information content (AvgIpc) is 2.91. The lowest BCUT2D eigenvalue weighted by molar-refractivity contribution is -0.129. The molecule has 4 heteroatoms. The third kappa shape index (κ3) is 4.50. The maximum atomic E-state index is 13.1. The highest BCUT2D eigenvalue weighted by molar-refractivity contribution is 5.90. The summed E-state index contributed by atoms with van der Waals surface area (Å²) in [7, 11) is 0. The third-order valence-corrected chi connectivity index (χ3v) is 7.48. The van der Waals surface area contributed by atoms with E-state index in [1.54, 1.807) is 24.3 Å². The second kappa shape index (κ2) is 9.84. The first kappa shape index (κ1) is 22.4. The summed E-state index contributed by atoms with van der Waals surface area (Å²) < 4.78 is 12.2. The van der Waals surface area contributed by atoms with Gasteiger partial charge in [0.2, 0.25) is 0 Å². The maximum absolute atomic E-state index is 13.1. The largest absolute Gasteiger partial charge is 0.455 e. The van der Waals surface area contributed by atoms with Gasteiger partial charge in [0.05, 0.1) is 11.1 Å². The summed E-state index contributed by atoms with van der Waals surface area (Å²) >= 11 is 0. The first-order valence-electron chi connectivity index (χ1n) is 12.2. The molecular weight excluding hydrogens is 424 g/mol. The Morgan fingerprint density at radius 2 is 1.29 bits per heavy atom. The second-order valence-corrected chi connectivity index (χ2v) is 9.41. The SMILES string of the molecule is CCc1ccc(C2CC3CCC2C(OC(=O)c2ccccc2)C3OC(=O)c2ccccc2)cc1. The summed E-state index contributed by atoms with van der Waals surface area (Å²) in [5.74, 6) is -0.174. The summed E-state index contributed by atoms with van der Waals surface area (Å²) in [5, 5.41) is 0. The molecule has 2 bridgehead atoms. The summed E-state index contributed by atoms with van der Waals surface area (Å²) in [6, 6.07) is 26.9. The summed E-state index contributed by atoms with van der Waals surface area (Å²) in [5.41, 5.74) is 3.62. The summed E-state index contributed by atoms with van der Waals surface area (Å²) in [4.78, 5) is 26.0. The fraction of sp³-hybridized carbons (Fsp3) is 0.333. The molecule has 0 radical (unpaired) electrons. The van der Waals surface area contributed by atoms with Crippen LogP contribution in [0, 0.1) is 11.8 Å². The van der Waals surface area contributed by atoms with Gasteiger partial charge in [0.1, 0.15) is 12.2 Å². The molecule has 5 unspecified atom stereocenters. The minimum absolute atomic E-state index is 0.110. The lowest BCUT2D eigenvalue weighted by Gasteiger charge is -2.51. The third-order valence-electron chi connectivity index (χ3n) is 7.48. The van der Waals surface area contributed by atoms with Crippen LogP contribution in [0.25, 0.3) is 0 Å². The molecule has 0 N–H and O–H groups in total. The number of carbonyl (C=O) groups is 2. The lowest BCUT2D eigenvalue weighted by atomic mass is 9.60. The first-order chi connectivity index (χ1) is 16.6. The van der Waals surface area contributed by atoms with Crippen molar-refractivity contribution in [3.63, 3.8) is 0 Å². The molecule has 0 heterocycles. The van der Waals surface area contributed by atoms with Crippen LogP contribution in [0.15, 0.2) is 84.9 Å². The topological polar surface area (TPSA) is 52.6 Å². The molecule has 3 aromatic carbocycles. The lowest BCUT2D eigenvalue weighted by Crippen LogP contribution is -2.54. The Hall–Kier alpha value is -3.40. The van der Waals surface area contributed by atoms with Crippen molar-refractivity contribution in [3.05, 3.63) is 107 Å². The van der Waals surface area contributed by atoms with Gasteiger partial charge in [-0.1, -0.05) is 67.6 Å². The Kier molecular flexibility index (Phi) is 6.48. The number of esters is 2. The highest BCUT2D eigenvalue weighted by Crippen LogP contribution is 2.52. The van der Waals surface area contributed by atoms with Gasteiger partial charge in [0.25, 0.3) is 0 Å². The Morgan fingerprint density at radius 1 is 0.735 bits per heavy atom. The Balaban J connectivity index is 1.43. The smallest absolute Gasteiger partial charge is 0.338 e. The molecule has 174 valence electrons. The molecule has 0 spiro atoms. The highest BCUT2D eigenvalue weighted by atomic mass is 16.6. The maximum Gasteiger partial charge on any atom is 0.338 e. The van der Waals surface area contributed by atoms with Crippen LogP contribution in [0.3, 0.4) is 0 Å². The zero-order chi connectivity index (χ0) is 23.5. The Morgan fingerprint density at radius 3 is 1.85 bits per heavy atom. The number of fused-ring (bicyclic) bond motifs is 3. The minimum Gasteiger partial charge on any atom is -0.455 e. The number of aryl methyl sites for hydroxylation is 1. The van der Waals surface area contributed by atoms with Crippen molar-refractivity contribution in [3.8, 4) is 0 Å².